The number of piperidine rings is 1. The van der Waals surface area contributed by atoms with E-state index in [0.29, 0.717) is 23.5 Å². The molecule has 7 heteroatoms. The summed E-state index contributed by atoms with van der Waals surface area (Å²) in [4.78, 5) is 6.88. The average molecular weight is 397 g/mol. The lowest BCUT2D eigenvalue weighted by atomic mass is 10.0. The third-order valence-electron chi connectivity index (χ3n) is 5.39. The van der Waals surface area contributed by atoms with Crippen molar-refractivity contribution < 1.29 is 9.13 Å². The number of hydrogen-bond acceptors (Lipinski definition) is 3. The molecule has 0 radical (unpaired) electrons. The van der Waals surface area contributed by atoms with Gasteiger partial charge in [0.2, 0.25) is 0 Å². The third-order valence-corrected chi connectivity index (χ3v) is 5.75. The molecule has 5 nitrogen and oxygen atoms in total. The number of ether oxygens (including phenoxy) is 1. The Morgan fingerprint density at radius 1 is 1.33 bits per heavy atom. The number of aliphatic imine (C=N–C) groups is 1. The highest BCUT2D eigenvalue weighted by atomic mass is 35.5. The molecule has 150 valence electrons. The Morgan fingerprint density at radius 3 is 2.81 bits per heavy atom. The van der Waals surface area contributed by atoms with Gasteiger partial charge in [-0.1, -0.05) is 17.7 Å². The lowest BCUT2D eigenvalue weighted by Crippen LogP contribution is -2.49. The maximum Gasteiger partial charge on any atom is 0.191 e. The van der Waals surface area contributed by atoms with Crippen LogP contribution in [0.3, 0.4) is 0 Å². The molecule has 0 aromatic heterocycles. The minimum Gasteiger partial charge on any atom is -0.381 e. The smallest absolute Gasteiger partial charge is 0.191 e. The lowest BCUT2D eigenvalue weighted by molar-refractivity contribution is 0.150. The molecular formula is C20H30ClFN4O. The standard InChI is InChI=1S/C20H30ClFN4O/c1-23-20(24-8-4-16-2-3-17(22)12-19(16)21)25-18-5-9-26(10-6-18)13-15-7-11-27-14-15/h2-3,12,15,18H,4-11,13-14H2,1H3,(H2,23,24,25). The van der Waals surface area contributed by atoms with Gasteiger partial charge >= 0.3 is 0 Å². The molecule has 0 aliphatic carbocycles. The molecule has 2 aliphatic rings. The first-order valence-corrected chi connectivity index (χ1v) is 10.2. The van der Waals surface area contributed by atoms with E-state index >= 15 is 0 Å². The highest BCUT2D eigenvalue weighted by molar-refractivity contribution is 6.31. The van der Waals surface area contributed by atoms with E-state index in [1.54, 1.807) is 13.1 Å². The molecule has 3 rings (SSSR count). The summed E-state index contributed by atoms with van der Waals surface area (Å²) in [5, 5.41) is 7.33. The predicted octanol–water partition coefficient (Wildman–Crippen LogP) is 2.69. The second-order valence-electron chi connectivity index (χ2n) is 7.43. The summed E-state index contributed by atoms with van der Waals surface area (Å²) in [6.07, 6.45) is 4.17. The summed E-state index contributed by atoms with van der Waals surface area (Å²) in [6, 6.07) is 4.98. The van der Waals surface area contributed by atoms with Crippen molar-refractivity contribution in [2.45, 2.75) is 31.7 Å². The second kappa shape index (κ2) is 10.2. The summed E-state index contributed by atoms with van der Waals surface area (Å²) in [5.41, 5.74) is 0.935. The van der Waals surface area contributed by atoms with Crippen molar-refractivity contribution in [1.82, 2.24) is 15.5 Å². The first kappa shape index (κ1) is 20.4. The van der Waals surface area contributed by atoms with E-state index in [1.165, 1.54) is 18.6 Å². The van der Waals surface area contributed by atoms with Crippen LogP contribution in [0.1, 0.15) is 24.8 Å². The maximum atomic E-state index is 13.1. The van der Waals surface area contributed by atoms with Crippen molar-refractivity contribution in [2.75, 3.05) is 46.4 Å². The van der Waals surface area contributed by atoms with Gasteiger partial charge in [-0.25, -0.2) is 4.39 Å². The largest absolute Gasteiger partial charge is 0.381 e. The Balaban J connectivity index is 1.36. The number of rotatable bonds is 6. The van der Waals surface area contributed by atoms with E-state index in [-0.39, 0.29) is 5.82 Å². The molecular weight excluding hydrogens is 367 g/mol. The van der Waals surface area contributed by atoms with Crippen LogP contribution >= 0.6 is 11.6 Å². The van der Waals surface area contributed by atoms with Gasteiger partial charge in [0.1, 0.15) is 5.82 Å². The van der Waals surface area contributed by atoms with E-state index in [2.05, 4.69) is 20.5 Å². The van der Waals surface area contributed by atoms with Gasteiger partial charge in [-0.15, -0.1) is 0 Å². The molecule has 2 saturated heterocycles. The molecule has 0 saturated carbocycles. The van der Waals surface area contributed by atoms with E-state index in [0.717, 1.165) is 63.6 Å². The number of guanidine groups is 1. The number of hydrogen-bond donors (Lipinski definition) is 2. The molecule has 2 aliphatic heterocycles. The van der Waals surface area contributed by atoms with Crippen LogP contribution in [0, 0.1) is 11.7 Å². The first-order chi connectivity index (χ1) is 13.1. The molecule has 0 spiro atoms. The fourth-order valence-corrected chi connectivity index (χ4v) is 4.04. The maximum absolute atomic E-state index is 13.1. The van der Waals surface area contributed by atoms with Crippen LogP contribution in [0.25, 0.3) is 0 Å². The van der Waals surface area contributed by atoms with E-state index < -0.39 is 0 Å². The number of benzene rings is 1. The minimum absolute atomic E-state index is 0.305. The van der Waals surface area contributed by atoms with Gasteiger partial charge < -0.3 is 20.3 Å². The molecule has 1 aromatic rings. The lowest BCUT2D eigenvalue weighted by Gasteiger charge is -2.34. The number of halogens is 2. The number of nitrogens with zero attached hydrogens (tertiary/aromatic N) is 2. The fraction of sp³-hybridized carbons (Fsp3) is 0.650. The van der Waals surface area contributed by atoms with Gasteiger partial charge in [0.15, 0.2) is 5.96 Å². The summed E-state index contributed by atoms with van der Waals surface area (Å²) >= 11 is 6.08. The minimum atomic E-state index is -0.305. The van der Waals surface area contributed by atoms with E-state index in [1.807, 2.05) is 0 Å². The van der Waals surface area contributed by atoms with Crippen molar-refractivity contribution in [2.24, 2.45) is 10.9 Å². The highest BCUT2D eigenvalue weighted by Crippen LogP contribution is 2.18. The molecule has 0 bridgehead atoms. The van der Waals surface area contributed by atoms with E-state index in [9.17, 15) is 4.39 Å². The topological polar surface area (TPSA) is 48.9 Å². The SMILES string of the molecule is CN=C(NCCc1ccc(F)cc1Cl)NC1CCN(CC2CCOC2)CC1. The van der Waals surface area contributed by atoms with Gasteiger partial charge in [0, 0.05) is 50.9 Å². The van der Waals surface area contributed by atoms with Gasteiger partial charge in [0.05, 0.1) is 6.61 Å². The molecule has 1 atom stereocenters. The zero-order valence-corrected chi connectivity index (χ0v) is 16.8. The van der Waals surface area contributed by atoms with Crippen molar-refractivity contribution in [3.05, 3.63) is 34.6 Å². The fourth-order valence-electron chi connectivity index (χ4n) is 3.78. The molecule has 1 unspecified atom stereocenters. The van der Waals surface area contributed by atoms with Crippen LogP contribution in [-0.2, 0) is 11.2 Å². The number of likely N-dealkylation sites (tertiary alicyclic amines) is 1. The quantitative estimate of drug-likeness (QED) is 0.573. The molecule has 2 heterocycles. The normalized spacial score (nSPS) is 22.2. The van der Waals surface area contributed by atoms with Crippen LogP contribution in [0.4, 0.5) is 4.39 Å². The average Bonchev–Trinajstić information content (AvgIpc) is 3.17. The van der Waals surface area contributed by atoms with E-state index in [4.69, 9.17) is 16.3 Å². The van der Waals surface area contributed by atoms with Crippen LogP contribution in [0.5, 0.6) is 0 Å². The Bertz CT molecular complexity index is 628. The van der Waals surface area contributed by atoms with Gasteiger partial charge in [-0.05, 0) is 49.3 Å². The van der Waals surface area contributed by atoms with Crippen molar-refractivity contribution in [3.8, 4) is 0 Å². The monoisotopic (exact) mass is 396 g/mol. The Morgan fingerprint density at radius 2 is 2.15 bits per heavy atom. The molecule has 2 N–H and O–H groups in total. The zero-order chi connectivity index (χ0) is 19.1. The van der Waals surface area contributed by atoms with Gasteiger partial charge in [-0.3, -0.25) is 4.99 Å². The van der Waals surface area contributed by atoms with Gasteiger partial charge in [-0.2, -0.15) is 0 Å². The van der Waals surface area contributed by atoms with Crippen LogP contribution in [0.15, 0.2) is 23.2 Å². The molecule has 0 amide bonds. The molecule has 1 aromatic carbocycles. The first-order valence-electron chi connectivity index (χ1n) is 9.85. The van der Waals surface area contributed by atoms with Crippen molar-refractivity contribution in [3.63, 3.8) is 0 Å². The van der Waals surface area contributed by atoms with Crippen LogP contribution in [0.2, 0.25) is 5.02 Å². The van der Waals surface area contributed by atoms with Crippen LogP contribution < -0.4 is 10.6 Å². The Hall–Kier alpha value is -1.37. The van der Waals surface area contributed by atoms with Crippen LogP contribution in [-0.4, -0.2) is 63.3 Å². The second-order valence-corrected chi connectivity index (χ2v) is 7.84. The predicted molar refractivity (Wildman–Crippen MR) is 108 cm³/mol. The van der Waals surface area contributed by atoms with Crippen molar-refractivity contribution >= 4 is 17.6 Å². The van der Waals surface area contributed by atoms with Crippen molar-refractivity contribution in [1.29, 1.82) is 0 Å². The summed E-state index contributed by atoms with van der Waals surface area (Å²) < 4.78 is 18.6. The summed E-state index contributed by atoms with van der Waals surface area (Å²) in [5.74, 6) is 1.22. The summed E-state index contributed by atoms with van der Waals surface area (Å²) in [6.45, 7) is 5.96. The van der Waals surface area contributed by atoms with Gasteiger partial charge in [0.25, 0.3) is 0 Å². The third kappa shape index (κ3) is 6.33. The number of nitrogens with one attached hydrogen (secondary N) is 2. The Kier molecular flexibility index (Phi) is 7.73. The zero-order valence-electron chi connectivity index (χ0n) is 16.0. The molecule has 27 heavy (non-hydrogen) atoms. The highest BCUT2D eigenvalue weighted by Gasteiger charge is 2.24. The Labute approximate surface area is 166 Å². The summed E-state index contributed by atoms with van der Waals surface area (Å²) in [7, 11) is 1.79. The molecule has 2 fully saturated rings.